The van der Waals surface area contributed by atoms with E-state index < -0.39 is 5.82 Å². The summed E-state index contributed by atoms with van der Waals surface area (Å²) in [6, 6.07) is 9.39. The highest BCUT2D eigenvalue weighted by Crippen LogP contribution is 2.28. The second kappa shape index (κ2) is 10.8. The average Bonchev–Trinajstić information content (AvgIpc) is 3.30. The van der Waals surface area contributed by atoms with Crippen molar-refractivity contribution in [2.75, 3.05) is 12.4 Å². The maximum atomic E-state index is 13.9. The van der Waals surface area contributed by atoms with E-state index in [9.17, 15) is 14.0 Å². The van der Waals surface area contributed by atoms with E-state index in [1.54, 1.807) is 49.5 Å². The summed E-state index contributed by atoms with van der Waals surface area (Å²) in [5, 5.41) is 5.50. The lowest BCUT2D eigenvalue weighted by atomic mass is 10.1. The summed E-state index contributed by atoms with van der Waals surface area (Å²) in [7, 11) is 1.33. The van der Waals surface area contributed by atoms with Crippen molar-refractivity contribution in [3.8, 4) is 17.4 Å². The summed E-state index contributed by atoms with van der Waals surface area (Å²) in [6.45, 7) is 3.68. The Morgan fingerprint density at radius 2 is 1.97 bits per heavy atom. The molecule has 0 aliphatic carbocycles. The number of rotatable bonds is 8. The predicted molar refractivity (Wildman–Crippen MR) is 132 cm³/mol. The molecule has 1 atom stereocenters. The quantitative estimate of drug-likeness (QED) is 0.495. The van der Waals surface area contributed by atoms with Crippen LogP contribution in [0.1, 0.15) is 28.4 Å². The number of aromatic nitrogens is 2. The number of methoxy groups -OCH3 is 1. The molecule has 0 saturated carbocycles. The van der Waals surface area contributed by atoms with Crippen LogP contribution in [0, 0.1) is 12.7 Å². The zero-order chi connectivity index (χ0) is 25.7. The molecule has 0 fully saturated rings. The van der Waals surface area contributed by atoms with Gasteiger partial charge in [-0.25, -0.2) is 14.4 Å². The van der Waals surface area contributed by atoms with Crippen LogP contribution in [0.3, 0.4) is 0 Å². The number of hydrogen-bond acceptors (Lipinski definition) is 7. The fourth-order valence-electron chi connectivity index (χ4n) is 3.56. The highest BCUT2D eigenvalue weighted by Gasteiger charge is 2.19. The van der Waals surface area contributed by atoms with Crippen molar-refractivity contribution in [1.29, 1.82) is 0 Å². The van der Waals surface area contributed by atoms with Crippen LogP contribution in [0.5, 0.6) is 17.4 Å². The lowest BCUT2D eigenvalue weighted by Crippen LogP contribution is -2.24. The third-order valence-electron chi connectivity index (χ3n) is 5.52. The van der Waals surface area contributed by atoms with Crippen LogP contribution in [0.2, 0.25) is 0 Å². The zero-order valence-electron chi connectivity index (χ0n) is 19.9. The number of halogens is 1. The van der Waals surface area contributed by atoms with Crippen molar-refractivity contribution in [2.24, 2.45) is 4.99 Å². The fourth-order valence-corrected chi connectivity index (χ4v) is 3.56. The monoisotopic (exact) mass is 489 g/mol. The minimum atomic E-state index is -0.605. The lowest BCUT2D eigenvalue weighted by Gasteiger charge is -2.14. The lowest BCUT2D eigenvalue weighted by molar-refractivity contribution is -0.113. The number of amides is 2. The molecule has 1 aliphatic rings. The molecule has 9 nitrogen and oxygen atoms in total. The summed E-state index contributed by atoms with van der Waals surface area (Å²) in [5.41, 5.74) is 2.05. The van der Waals surface area contributed by atoms with Gasteiger partial charge in [-0.15, -0.1) is 0 Å². The number of nitrogens with one attached hydrogen (secondary N) is 2. The SMILES string of the molecule is COc1ncc(CNC(=O)c2cccc(Oc3ccnc(NC(=O)C4=CC=NC4C)c3)c2C)cc1F. The smallest absolute Gasteiger partial charge is 0.254 e. The number of hydrogen-bond donors (Lipinski definition) is 2. The summed E-state index contributed by atoms with van der Waals surface area (Å²) >= 11 is 0. The molecule has 0 radical (unpaired) electrons. The largest absolute Gasteiger partial charge is 0.479 e. The second-order valence-electron chi connectivity index (χ2n) is 7.98. The Bertz CT molecular complexity index is 1370. The molecule has 0 spiro atoms. The maximum absolute atomic E-state index is 13.9. The van der Waals surface area contributed by atoms with Crippen LogP contribution < -0.4 is 20.1 Å². The topological polar surface area (TPSA) is 115 Å². The Labute approximate surface area is 207 Å². The van der Waals surface area contributed by atoms with Gasteiger partial charge in [-0.1, -0.05) is 6.07 Å². The van der Waals surface area contributed by atoms with E-state index in [1.165, 1.54) is 25.6 Å². The number of pyridine rings is 2. The van der Waals surface area contributed by atoms with Crippen LogP contribution in [-0.4, -0.2) is 41.1 Å². The Morgan fingerprint density at radius 3 is 2.69 bits per heavy atom. The molecule has 2 amide bonds. The molecule has 3 aromatic rings. The Balaban J connectivity index is 1.43. The molecule has 3 heterocycles. The Hall–Kier alpha value is -4.60. The fraction of sp³-hybridized carbons (Fsp3) is 0.192. The second-order valence-corrected chi connectivity index (χ2v) is 7.98. The van der Waals surface area contributed by atoms with Gasteiger partial charge in [-0.05, 0) is 49.8 Å². The molecule has 0 saturated heterocycles. The van der Waals surface area contributed by atoms with Crippen LogP contribution in [0.15, 0.2) is 65.4 Å². The van der Waals surface area contributed by atoms with Gasteiger partial charge in [0.25, 0.3) is 11.8 Å². The molecule has 4 rings (SSSR count). The first-order valence-electron chi connectivity index (χ1n) is 11.1. The van der Waals surface area contributed by atoms with Gasteiger partial charge < -0.3 is 20.1 Å². The molecule has 36 heavy (non-hydrogen) atoms. The number of benzene rings is 1. The van der Waals surface area contributed by atoms with Crippen LogP contribution in [-0.2, 0) is 11.3 Å². The van der Waals surface area contributed by atoms with Crippen molar-refractivity contribution in [3.63, 3.8) is 0 Å². The van der Waals surface area contributed by atoms with Crippen molar-refractivity contribution >= 4 is 23.8 Å². The molecule has 1 aromatic carbocycles. The normalized spacial score (nSPS) is 14.2. The number of aliphatic imine (C=N–C) groups is 1. The molecular weight excluding hydrogens is 465 g/mol. The van der Waals surface area contributed by atoms with E-state index in [1.807, 2.05) is 6.92 Å². The summed E-state index contributed by atoms with van der Waals surface area (Å²) < 4.78 is 24.7. The van der Waals surface area contributed by atoms with Crippen molar-refractivity contribution in [1.82, 2.24) is 15.3 Å². The standard InChI is InChI=1S/C26H24FN5O4/c1-15-19(24(33)30-13-17-11-21(27)26(35-3)31-14-17)5-4-6-22(15)36-18-7-9-29-23(12-18)32-25(34)20-8-10-28-16(20)2/h4-12,14,16H,13H2,1-3H3,(H,30,33)(H,29,32,34). The van der Waals surface area contributed by atoms with E-state index in [-0.39, 0.29) is 30.3 Å². The number of ether oxygens (including phenoxy) is 2. The van der Waals surface area contributed by atoms with Crippen LogP contribution in [0.25, 0.3) is 0 Å². The maximum Gasteiger partial charge on any atom is 0.254 e. The molecular formula is C26H24FN5O4. The average molecular weight is 490 g/mol. The number of nitrogens with zero attached hydrogens (tertiary/aromatic N) is 3. The number of carbonyl (C=O) groups excluding carboxylic acids is 2. The predicted octanol–water partition coefficient (Wildman–Crippen LogP) is 3.99. The minimum Gasteiger partial charge on any atom is -0.479 e. The Morgan fingerprint density at radius 1 is 1.14 bits per heavy atom. The van der Waals surface area contributed by atoms with E-state index in [2.05, 4.69) is 25.6 Å². The van der Waals surface area contributed by atoms with Crippen molar-refractivity contribution in [3.05, 3.63) is 82.9 Å². The molecule has 2 aromatic heterocycles. The van der Waals surface area contributed by atoms with E-state index >= 15 is 0 Å². The van der Waals surface area contributed by atoms with E-state index in [0.717, 1.165) is 0 Å². The van der Waals surface area contributed by atoms with Crippen LogP contribution >= 0.6 is 0 Å². The van der Waals surface area contributed by atoms with Gasteiger partial charge in [0.15, 0.2) is 5.82 Å². The van der Waals surface area contributed by atoms with Gasteiger partial charge in [-0.3, -0.25) is 14.6 Å². The highest BCUT2D eigenvalue weighted by atomic mass is 19.1. The minimum absolute atomic E-state index is 0.0881. The van der Waals surface area contributed by atoms with Crippen LogP contribution in [0.4, 0.5) is 10.2 Å². The molecule has 2 N–H and O–H groups in total. The molecule has 1 aliphatic heterocycles. The first-order chi connectivity index (χ1) is 17.4. The summed E-state index contributed by atoms with van der Waals surface area (Å²) in [5.74, 6) is -0.126. The number of allylic oxidation sites excluding steroid dienone is 1. The number of carbonyl (C=O) groups is 2. The molecule has 1 unspecified atom stereocenters. The Kier molecular flexibility index (Phi) is 7.33. The summed E-state index contributed by atoms with van der Waals surface area (Å²) in [4.78, 5) is 37.5. The third-order valence-corrected chi connectivity index (χ3v) is 5.52. The number of anilines is 1. The molecule has 0 bridgehead atoms. The van der Waals surface area contributed by atoms with E-state index in [0.29, 0.717) is 39.6 Å². The van der Waals surface area contributed by atoms with Gasteiger partial charge in [0.1, 0.15) is 17.3 Å². The third kappa shape index (κ3) is 5.54. The van der Waals surface area contributed by atoms with Gasteiger partial charge in [0.05, 0.1) is 13.2 Å². The highest BCUT2D eigenvalue weighted by molar-refractivity contribution is 6.07. The first kappa shape index (κ1) is 24.5. The first-order valence-corrected chi connectivity index (χ1v) is 11.1. The van der Waals surface area contributed by atoms with E-state index in [4.69, 9.17) is 9.47 Å². The van der Waals surface area contributed by atoms with Crippen molar-refractivity contribution < 1.29 is 23.5 Å². The molecule has 10 heteroatoms. The van der Waals surface area contributed by atoms with Crippen molar-refractivity contribution in [2.45, 2.75) is 26.4 Å². The van der Waals surface area contributed by atoms with Gasteiger partial charge in [-0.2, -0.15) is 0 Å². The zero-order valence-corrected chi connectivity index (χ0v) is 19.9. The van der Waals surface area contributed by atoms with Gasteiger partial charge >= 0.3 is 0 Å². The molecule has 184 valence electrons. The summed E-state index contributed by atoms with van der Waals surface area (Å²) in [6.07, 6.45) is 6.22. The van der Waals surface area contributed by atoms with Gasteiger partial charge in [0, 0.05) is 47.9 Å². The van der Waals surface area contributed by atoms with Gasteiger partial charge in [0.2, 0.25) is 5.88 Å².